The van der Waals surface area contributed by atoms with Gasteiger partial charge in [0.2, 0.25) is 0 Å². The number of aliphatic hydroxyl groups is 4. The van der Waals surface area contributed by atoms with Gasteiger partial charge in [0.1, 0.15) is 6.10 Å². The molecule has 0 aromatic heterocycles. The Hall–Kier alpha value is -0.730. The van der Waals surface area contributed by atoms with Crippen LogP contribution in [0.5, 0.6) is 0 Å². The minimum atomic E-state index is -1.85. The van der Waals surface area contributed by atoms with Gasteiger partial charge in [0.15, 0.2) is 12.4 Å². The molecule has 7 heteroatoms. The van der Waals surface area contributed by atoms with Crippen molar-refractivity contribution in [3.8, 4) is 0 Å². The van der Waals surface area contributed by atoms with E-state index in [9.17, 15) is 4.79 Å². The summed E-state index contributed by atoms with van der Waals surface area (Å²) < 4.78 is 4.42. The first-order chi connectivity index (χ1) is 6.40. The zero-order chi connectivity index (χ0) is 11.3. The van der Waals surface area contributed by atoms with Crippen LogP contribution in [0, 0.1) is 0 Å². The van der Waals surface area contributed by atoms with Crippen molar-refractivity contribution < 1.29 is 35.1 Å². The third-order valence-electron chi connectivity index (χ3n) is 1.48. The first-order valence-electron chi connectivity index (χ1n) is 3.93. The quantitative estimate of drug-likeness (QED) is 0.307. The second-order valence-corrected chi connectivity index (χ2v) is 2.78. The van der Waals surface area contributed by atoms with Gasteiger partial charge in [-0.25, -0.2) is 4.79 Å². The SMILES string of the molecule is C[C@H](O)C(O[C@@H](O)[C@@H](O)CO)C(=O)O. The fraction of sp³-hybridized carbons (Fsp3) is 0.857. The van der Waals surface area contributed by atoms with E-state index in [0.717, 1.165) is 6.92 Å². The van der Waals surface area contributed by atoms with Crippen LogP contribution in [0.3, 0.4) is 0 Å². The zero-order valence-corrected chi connectivity index (χ0v) is 7.57. The van der Waals surface area contributed by atoms with Crippen molar-refractivity contribution in [1.29, 1.82) is 0 Å². The molecular formula is C7H14O7. The van der Waals surface area contributed by atoms with Crippen LogP contribution in [0.25, 0.3) is 0 Å². The number of aliphatic hydroxyl groups excluding tert-OH is 4. The number of hydrogen-bond acceptors (Lipinski definition) is 6. The van der Waals surface area contributed by atoms with Crippen molar-refractivity contribution in [2.75, 3.05) is 6.61 Å². The molecule has 0 rings (SSSR count). The van der Waals surface area contributed by atoms with Crippen LogP contribution in [0.4, 0.5) is 0 Å². The minimum absolute atomic E-state index is 0.771. The number of ether oxygens (including phenoxy) is 1. The maximum absolute atomic E-state index is 10.4. The van der Waals surface area contributed by atoms with Gasteiger partial charge in [-0.15, -0.1) is 0 Å². The zero-order valence-electron chi connectivity index (χ0n) is 7.57. The van der Waals surface area contributed by atoms with E-state index in [-0.39, 0.29) is 0 Å². The molecule has 14 heavy (non-hydrogen) atoms. The van der Waals surface area contributed by atoms with Crippen molar-refractivity contribution in [2.24, 2.45) is 0 Å². The molecule has 0 aromatic carbocycles. The van der Waals surface area contributed by atoms with Gasteiger partial charge in [-0.2, -0.15) is 0 Å². The molecule has 0 saturated carbocycles. The molecule has 0 aliphatic carbocycles. The van der Waals surface area contributed by atoms with E-state index in [1.165, 1.54) is 0 Å². The van der Waals surface area contributed by atoms with E-state index in [0.29, 0.717) is 0 Å². The fourth-order valence-corrected chi connectivity index (χ4v) is 0.709. The third-order valence-corrected chi connectivity index (χ3v) is 1.48. The molecule has 0 radical (unpaired) electrons. The number of hydrogen-bond donors (Lipinski definition) is 5. The van der Waals surface area contributed by atoms with Crippen LogP contribution in [0.2, 0.25) is 0 Å². The number of aliphatic carboxylic acids is 1. The second-order valence-electron chi connectivity index (χ2n) is 2.78. The molecule has 0 aliphatic heterocycles. The van der Waals surface area contributed by atoms with Crippen LogP contribution in [-0.2, 0) is 9.53 Å². The Kier molecular flexibility index (Phi) is 5.58. The van der Waals surface area contributed by atoms with E-state index >= 15 is 0 Å². The molecule has 7 nitrogen and oxygen atoms in total. The molecule has 0 spiro atoms. The lowest BCUT2D eigenvalue weighted by Crippen LogP contribution is -2.42. The van der Waals surface area contributed by atoms with E-state index < -0.39 is 37.2 Å². The van der Waals surface area contributed by atoms with Gasteiger partial charge in [0, 0.05) is 0 Å². The van der Waals surface area contributed by atoms with Gasteiger partial charge in [0.05, 0.1) is 12.7 Å². The molecule has 0 heterocycles. The summed E-state index contributed by atoms with van der Waals surface area (Å²) in [4.78, 5) is 10.4. The Bertz CT molecular complexity index is 181. The Balaban J connectivity index is 4.23. The first kappa shape index (κ1) is 13.3. The highest BCUT2D eigenvalue weighted by atomic mass is 16.6. The van der Waals surface area contributed by atoms with Crippen molar-refractivity contribution in [3.05, 3.63) is 0 Å². The molecule has 0 aliphatic rings. The minimum Gasteiger partial charge on any atom is -0.479 e. The van der Waals surface area contributed by atoms with E-state index in [4.69, 9.17) is 25.5 Å². The predicted octanol–water partition coefficient (Wildman–Crippen LogP) is -2.49. The second kappa shape index (κ2) is 5.89. The highest BCUT2D eigenvalue weighted by Crippen LogP contribution is 2.05. The lowest BCUT2D eigenvalue weighted by Gasteiger charge is -2.22. The molecule has 0 aromatic rings. The largest absolute Gasteiger partial charge is 0.479 e. The number of carboxylic acid groups (broad SMARTS) is 1. The summed E-state index contributed by atoms with van der Waals surface area (Å²) in [6.07, 6.45) is -6.44. The van der Waals surface area contributed by atoms with Crippen LogP contribution >= 0.6 is 0 Å². The normalized spacial score (nSPS) is 19.8. The van der Waals surface area contributed by atoms with Gasteiger partial charge in [-0.3, -0.25) is 0 Å². The summed E-state index contributed by atoms with van der Waals surface area (Å²) in [6, 6.07) is 0. The molecule has 0 fully saturated rings. The highest BCUT2D eigenvalue weighted by molar-refractivity contribution is 5.72. The van der Waals surface area contributed by atoms with Crippen molar-refractivity contribution in [2.45, 2.75) is 31.5 Å². The lowest BCUT2D eigenvalue weighted by atomic mass is 10.2. The monoisotopic (exact) mass is 210 g/mol. The summed E-state index contributed by atoms with van der Waals surface area (Å²) in [5.41, 5.74) is 0. The average Bonchev–Trinajstić information content (AvgIpc) is 2.11. The van der Waals surface area contributed by atoms with Gasteiger partial charge < -0.3 is 30.3 Å². The summed E-state index contributed by atoms with van der Waals surface area (Å²) >= 11 is 0. The molecule has 5 N–H and O–H groups in total. The number of rotatable bonds is 6. The van der Waals surface area contributed by atoms with E-state index in [1.807, 2.05) is 0 Å². The maximum Gasteiger partial charge on any atom is 0.335 e. The summed E-state index contributed by atoms with van der Waals surface area (Å²) in [6.45, 7) is 0.393. The molecule has 0 saturated heterocycles. The van der Waals surface area contributed by atoms with E-state index in [1.54, 1.807) is 0 Å². The van der Waals surface area contributed by atoms with Gasteiger partial charge in [0.25, 0.3) is 0 Å². The summed E-state index contributed by atoms with van der Waals surface area (Å²) in [5, 5.41) is 43.6. The molecule has 0 bridgehead atoms. The molecule has 84 valence electrons. The molecular weight excluding hydrogens is 196 g/mol. The Morgan fingerprint density at radius 3 is 2.14 bits per heavy atom. The van der Waals surface area contributed by atoms with Gasteiger partial charge >= 0.3 is 5.97 Å². The Morgan fingerprint density at radius 2 is 1.86 bits per heavy atom. The topological polar surface area (TPSA) is 127 Å². The third kappa shape index (κ3) is 3.99. The standard InChI is InChI=1S/C7H14O7/c1-3(9)5(6(11)12)14-7(13)4(10)2-8/h3-5,7-10,13H,2H2,1H3,(H,11,12)/t3-,4-,5?,7+/m0/s1. The summed E-state index contributed by atoms with van der Waals surface area (Å²) in [7, 11) is 0. The highest BCUT2D eigenvalue weighted by Gasteiger charge is 2.29. The van der Waals surface area contributed by atoms with E-state index in [2.05, 4.69) is 4.74 Å². The molecule has 4 atom stereocenters. The average molecular weight is 210 g/mol. The van der Waals surface area contributed by atoms with Crippen LogP contribution in [-0.4, -0.2) is 62.7 Å². The maximum atomic E-state index is 10.4. The fourth-order valence-electron chi connectivity index (χ4n) is 0.709. The first-order valence-corrected chi connectivity index (χ1v) is 3.93. The Morgan fingerprint density at radius 1 is 1.36 bits per heavy atom. The number of carboxylic acids is 1. The van der Waals surface area contributed by atoms with Crippen molar-refractivity contribution in [1.82, 2.24) is 0 Å². The molecule has 0 amide bonds. The van der Waals surface area contributed by atoms with Crippen molar-refractivity contribution in [3.63, 3.8) is 0 Å². The Labute approximate surface area is 80.2 Å². The molecule has 1 unspecified atom stereocenters. The van der Waals surface area contributed by atoms with Gasteiger partial charge in [-0.05, 0) is 6.92 Å². The number of carbonyl (C=O) groups is 1. The predicted molar refractivity (Wildman–Crippen MR) is 43.3 cm³/mol. The van der Waals surface area contributed by atoms with Crippen molar-refractivity contribution >= 4 is 5.97 Å². The smallest absolute Gasteiger partial charge is 0.335 e. The van der Waals surface area contributed by atoms with Crippen LogP contribution < -0.4 is 0 Å². The van der Waals surface area contributed by atoms with Gasteiger partial charge in [-0.1, -0.05) is 0 Å². The van der Waals surface area contributed by atoms with Crippen LogP contribution in [0.1, 0.15) is 6.92 Å². The summed E-state index contributed by atoms with van der Waals surface area (Å²) in [5.74, 6) is -1.47. The lowest BCUT2D eigenvalue weighted by molar-refractivity contribution is -0.218. The van der Waals surface area contributed by atoms with Crippen LogP contribution in [0.15, 0.2) is 0 Å².